The summed E-state index contributed by atoms with van der Waals surface area (Å²) in [6, 6.07) is 8.33. The molecule has 11 heteroatoms. The Morgan fingerprint density at radius 1 is 1.16 bits per heavy atom. The number of carbonyl (C=O) groups is 2. The molecule has 2 rings (SSSR count). The van der Waals surface area contributed by atoms with E-state index in [4.69, 9.17) is 16.3 Å². The van der Waals surface area contributed by atoms with Crippen molar-refractivity contribution in [2.75, 3.05) is 38.6 Å². The van der Waals surface area contributed by atoms with Crippen LogP contribution < -0.4 is 10.0 Å². The number of hydrogen-bond acceptors (Lipinski definition) is 5. The highest BCUT2D eigenvalue weighted by Crippen LogP contribution is 2.26. The van der Waals surface area contributed by atoms with Crippen LogP contribution in [0.25, 0.3) is 0 Å². The summed E-state index contributed by atoms with van der Waals surface area (Å²) >= 11 is 6.08. The zero-order valence-electron chi connectivity index (χ0n) is 17.0. The van der Waals surface area contributed by atoms with Crippen LogP contribution in [0.3, 0.4) is 0 Å². The lowest BCUT2D eigenvalue weighted by atomic mass is 10.2. The van der Waals surface area contributed by atoms with Crippen LogP contribution in [0.1, 0.15) is 16.8 Å². The van der Waals surface area contributed by atoms with E-state index < -0.39 is 21.7 Å². The minimum Gasteiger partial charge on any atom is -0.385 e. The van der Waals surface area contributed by atoms with Crippen LogP contribution in [-0.4, -0.2) is 59.0 Å². The molecule has 0 fully saturated rings. The van der Waals surface area contributed by atoms with Crippen molar-refractivity contribution in [2.45, 2.75) is 11.3 Å². The summed E-state index contributed by atoms with van der Waals surface area (Å²) in [5.74, 6) is -1.40. The largest absolute Gasteiger partial charge is 0.385 e. The molecule has 0 bridgehead atoms. The first kappa shape index (κ1) is 24.6. The second kappa shape index (κ2) is 11.1. The van der Waals surface area contributed by atoms with Crippen LogP contribution in [0.4, 0.5) is 10.1 Å². The predicted molar refractivity (Wildman–Crippen MR) is 115 cm³/mol. The zero-order chi connectivity index (χ0) is 23.0. The number of halogens is 2. The molecule has 0 aliphatic heterocycles. The van der Waals surface area contributed by atoms with Crippen molar-refractivity contribution in [2.24, 2.45) is 0 Å². The molecule has 2 aromatic rings. The Balaban J connectivity index is 2.10. The third-order valence-corrected chi connectivity index (χ3v) is 5.87. The van der Waals surface area contributed by atoms with Crippen molar-refractivity contribution in [3.05, 3.63) is 58.9 Å². The molecule has 0 unspecified atom stereocenters. The molecule has 0 heterocycles. The molecule has 0 radical (unpaired) electrons. The molecule has 2 N–H and O–H groups in total. The smallest absolute Gasteiger partial charge is 0.261 e. The van der Waals surface area contributed by atoms with Gasteiger partial charge in [-0.25, -0.2) is 12.8 Å². The minimum atomic E-state index is -4.05. The van der Waals surface area contributed by atoms with Gasteiger partial charge in [-0.3, -0.25) is 14.3 Å². The molecule has 0 spiro atoms. The topological polar surface area (TPSA) is 105 Å². The van der Waals surface area contributed by atoms with Crippen molar-refractivity contribution < 1.29 is 27.1 Å². The lowest BCUT2D eigenvalue weighted by Crippen LogP contribution is -2.38. The van der Waals surface area contributed by atoms with E-state index in [9.17, 15) is 22.4 Å². The Morgan fingerprint density at radius 2 is 1.84 bits per heavy atom. The predicted octanol–water partition coefficient (Wildman–Crippen LogP) is 2.50. The van der Waals surface area contributed by atoms with Gasteiger partial charge in [0, 0.05) is 32.9 Å². The second-order valence-electron chi connectivity index (χ2n) is 6.61. The monoisotopic (exact) mass is 471 g/mol. The van der Waals surface area contributed by atoms with Gasteiger partial charge in [-0.1, -0.05) is 11.6 Å². The van der Waals surface area contributed by atoms with E-state index in [1.807, 2.05) is 0 Å². The Morgan fingerprint density at radius 3 is 2.48 bits per heavy atom. The van der Waals surface area contributed by atoms with Crippen LogP contribution in [0.2, 0.25) is 5.02 Å². The van der Waals surface area contributed by atoms with E-state index in [2.05, 4.69) is 10.0 Å². The van der Waals surface area contributed by atoms with E-state index in [0.29, 0.717) is 19.6 Å². The number of methoxy groups -OCH3 is 1. The maximum absolute atomic E-state index is 13.1. The third kappa shape index (κ3) is 7.20. The number of nitrogens with zero attached hydrogens (tertiary/aromatic N) is 1. The number of amides is 2. The van der Waals surface area contributed by atoms with E-state index in [0.717, 1.165) is 24.3 Å². The summed E-state index contributed by atoms with van der Waals surface area (Å²) in [6.07, 6.45) is 0.647. The van der Waals surface area contributed by atoms with Crippen LogP contribution >= 0.6 is 11.6 Å². The lowest BCUT2D eigenvalue weighted by Gasteiger charge is -2.18. The quantitative estimate of drug-likeness (QED) is 0.518. The molecule has 0 atom stereocenters. The van der Waals surface area contributed by atoms with Crippen molar-refractivity contribution >= 4 is 39.1 Å². The first-order valence-electron chi connectivity index (χ1n) is 9.23. The summed E-state index contributed by atoms with van der Waals surface area (Å²) in [6.45, 7) is 0.756. The minimum absolute atomic E-state index is 0.0192. The molecule has 31 heavy (non-hydrogen) atoms. The fraction of sp³-hybridized carbons (Fsp3) is 0.300. The van der Waals surface area contributed by atoms with Gasteiger partial charge in [0.1, 0.15) is 5.82 Å². The normalized spacial score (nSPS) is 11.1. The second-order valence-corrected chi connectivity index (χ2v) is 8.70. The summed E-state index contributed by atoms with van der Waals surface area (Å²) < 4.78 is 45.3. The number of likely N-dealkylation sites (N-methyl/N-ethyl adjacent to an activating group) is 1. The maximum atomic E-state index is 13.1. The number of anilines is 1. The highest BCUT2D eigenvalue weighted by molar-refractivity contribution is 7.92. The molecule has 0 aliphatic carbocycles. The SMILES string of the molecule is COCCCNC(=O)CN(C)C(=O)c1ccc(Cl)c(NS(=O)(=O)c2ccc(F)cc2)c1. The molecule has 0 aliphatic rings. The zero-order valence-corrected chi connectivity index (χ0v) is 18.6. The van der Waals surface area contributed by atoms with Gasteiger partial charge in [-0.15, -0.1) is 0 Å². The van der Waals surface area contributed by atoms with Gasteiger partial charge >= 0.3 is 0 Å². The fourth-order valence-electron chi connectivity index (χ4n) is 2.56. The van der Waals surface area contributed by atoms with Crippen molar-refractivity contribution in [1.29, 1.82) is 0 Å². The van der Waals surface area contributed by atoms with Gasteiger partial charge in [0.05, 0.1) is 22.2 Å². The van der Waals surface area contributed by atoms with Gasteiger partial charge < -0.3 is 15.0 Å². The van der Waals surface area contributed by atoms with Crippen LogP contribution in [-0.2, 0) is 19.6 Å². The lowest BCUT2D eigenvalue weighted by molar-refractivity contribution is -0.121. The average Bonchev–Trinajstić information content (AvgIpc) is 2.72. The molecule has 0 saturated heterocycles. The summed E-state index contributed by atoms with van der Waals surface area (Å²) in [5, 5.41) is 2.75. The van der Waals surface area contributed by atoms with Crippen LogP contribution in [0.15, 0.2) is 47.4 Å². The molecule has 2 amide bonds. The number of carbonyl (C=O) groups excluding carboxylic acids is 2. The molecule has 2 aromatic carbocycles. The number of benzene rings is 2. The molecule has 168 valence electrons. The molecule has 0 saturated carbocycles. The summed E-state index contributed by atoms with van der Waals surface area (Å²) in [7, 11) is -1.03. The highest BCUT2D eigenvalue weighted by Gasteiger charge is 2.19. The number of hydrogen-bond donors (Lipinski definition) is 2. The van der Waals surface area contributed by atoms with Gasteiger partial charge in [-0.05, 0) is 48.9 Å². The fourth-order valence-corrected chi connectivity index (χ4v) is 3.85. The number of sulfonamides is 1. The third-order valence-electron chi connectivity index (χ3n) is 4.16. The van der Waals surface area contributed by atoms with Crippen molar-refractivity contribution in [3.8, 4) is 0 Å². The van der Waals surface area contributed by atoms with E-state index in [1.54, 1.807) is 7.11 Å². The van der Waals surface area contributed by atoms with Gasteiger partial charge in [0.15, 0.2) is 0 Å². The summed E-state index contributed by atoms with van der Waals surface area (Å²) in [5.41, 5.74) is 0.116. The van der Waals surface area contributed by atoms with Crippen molar-refractivity contribution in [1.82, 2.24) is 10.2 Å². The average molecular weight is 472 g/mol. The van der Waals surface area contributed by atoms with E-state index in [-0.39, 0.29) is 33.6 Å². The number of rotatable bonds is 10. The maximum Gasteiger partial charge on any atom is 0.261 e. The van der Waals surface area contributed by atoms with E-state index >= 15 is 0 Å². The number of ether oxygens (including phenoxy) is 1. The first-order valence-corrected chi connectivity index (χ1v) is 11.1. The van der Waals surface area contributed by atoms with Crippen LogP contribution in [0, 0.1) is 5.82 Å². The highest BCUT2D eigenvalue weighted by atomic mass is 35.5. The molecular formula is C20H23ClFN3O5S. The summed E-state index contributed by atoms with van der Waals surface area (Å²) in [4.78, 5) is 25.7. The number of nitrogens with one attached hydrogen (secondary N) is 2. The van der Waals surface area contributed by atoms with Crippen molar-refractivity contribution in [3.63, 3.8) is 0 Å². The standard InChI is InChI=1S/C20H23ClFN3O5S/c1-25(13-19(26)23-10-3-11-30-2)20(27)14-4-9-17(21)18(12-14)24-31(28,29)16-7-5-15(22)6-8-16/h4-9,12,24H,3,10-11,13H2,1-2H3,(H,23,26). The Bertz CT molecular complexity index is 1030. The molecule has 8 nitrogen and oxygen atoms in total. The van der Waals surface area contributed by atoms with E-state index in [1.165, 1.54) is 30.1 Å². The van der Waals surface area contributed by atoms with Gasteiger partial charge in [0.25, 0.3) is 15.9 Å². The first-order chi connectivity index (χ1) is 14.6. The Hall–Kier alpha value is -2.69. The molecular weight excluding hydrogens is 449 g/mol. The van der Waals surface area contributed by atoms with Gasteiger partial charge in [0.2, 0.25) is 5.91 Å². The Labute approximate surface area is 185 Å². The molecule has 0 aromatic heterocycles. The van der Waals surface area contributed by atoms with Crippen LogP contribution in [0.5, 0.6) is 0 Å². The Kier molecular flexibility index (Phi) is 8.78. The van der Waals surface area contributed by atoms with Gasteiger partial charge in [-0.2, -0.15) is 0 Å².